The first-order valence-corrected chi connectivity index (χ1v) is 33.4. The maximum absolute atomic E-state index is 14.4. The lowest BCUT2D eigenvalue weighted by molar-refractivity contribution is -0.150. The molecule has 1 aromatic heterocycles. The highest BCUT2D eigenvalue weighted by Crippen LogP contribution is 2.21. The Bertz CT molecular complexity index is 3630. The molecule has 2 heterocycles. The number of carboxylic acids is 2. The average Bonchev–Trinajstić information content (AvgIpc) is 1.76. The normalized spacial score (nSPS) is 15.7. The summed E-state index contributed by atoms with van der Waals surface area (Å²) >= 11 is 0. The van der Waals surface area contributed by atoms with Crippen LogP contribution in [-0.2, 0) is 101 Å². The molecule has 0 unspecified atom stereocenters. The smallest absolute Gasteiger partial charge is 0.326 e. The summed E-state index contributed by atoms with van der Waals surface area (Å²) in [5.41, 5.74) is 23.6. The van der Waals surface area contributed by atoms with Gasteiger partial charge in [0.2, 0.25) is 88.6 Å². The molecule has 24 N–H and O–H groups in total. The van der Waals surface area contributed by atoms with Crippen molar-refractivity contribution in [1.29, 1.82) is 0 Å². The Labute approximate surface area is 602 Å². The molecular formula is C66H94N18O21. The average molecular weight is 1480 g/mol. The number of phenolic OH excluding ortho intramolecular Hbond substituents is 2. The topological polar surface area (TPSA) is 639 Å². The Morgan fingerprint density at radius 1 is 0.495 bits per heavy atom. The number of carbonyl (C=O) groups is 17. The lowest BCUT2D eigenvalue weighted by atomic mass is 9.99. The third-order valence-electron chi connectivity index (χ3n) is 16.3. The van der Waals surface area contributed by atoms with E-state index < -0.39 is 224 Å². The number of amides is 15. The summed E-state index contributed by atoms with van der Waals surface area (Å²) in [6.07, 6.45) is -1.88. The van der Waals surface area contributed by atoms with Crippen LogP contribution in [0.4, 0.5) is 0 Å². The molecule has 2 aromatic carbocycles. The first-order valence-electron chi connectivity index (χ1n) is 33.4. The standard InChI is InChI=1S/C66H94N18O21/c1-30(2)19-40(75-51(90)28-72-56(94)39(67)20-34-10-14-37(85)15-11-34)61(99)83-54(32(5)6)64(102)80-42(22-36-27-71-29-73-36)62(100)82-53(31(3)4)63(101)74-33(7)55(93)76-43(23-48(68)87)58(96)78-45(25-50(70)89)60(98)79-44(24-49(69)88)59(97)77-41(21-35-12-16-38(86)17-13-35)57(95)81-46(26-52(91)92)65(103)84-18-8-9-47(84)66(104)105/h10-17,27,29-33,39-47,53-54,85-86H,8-9,18-26,28,67H2,1-7H3,(H2,68,87)(H2,69,88)(H2,70,89)(H,71,73)(H,72,94)(H,74,101)(H,75,90)(H,76,93)(H,77,97)(H,78,96)(H,79,98)(H,80,102)(H,81,95)(H,82,100)(H,83,99)(H,91,92)(H,104,105)/t33-,39-,40-,41-,42-,43-,44-,45-,46-,47-,53-,54-/m0/s1. The number of hydrogen-bond acceptors (Lipinski definition) is 21. The number of benzene rings is 2. The summed E-state index contributed by atoms with van der Waals surface area (Å²) in [4.78, 5) is 235. The van der Waals surface area contributed by atoms with E-state index in [0.29, 0.717) is 11.3 Å². The second-order valence-corrected chi connectivity index (χ2v) is 26.3. The van der Waals surface area contributed by atoms with Gasteiger partial charge in [-0.3, -0.25) is 76.7 Å². The van der Waals surface area contributed by atoms with Crippen LogP contribution in [0.3, 0.4) is 0 Å². The number of aromatic nitrogens is 2. The molecule has 12 atom stereocenters. The van der Waals surface area contributed by atoms with Crippen LogP contribution >= 0.6 is 0 Å². The number of aliphatic carboxylic acids is 2. The van der Waals surface area contributed by atoms with E-state index in [1.54, 1.807) is 39.8 Å². The molecular weight excluding hydrogens is 1380 g/mol. The van der Waals surface area contributed by atoms with Crippen LogP contribution in [-0.4, -0.2) is 221 Å². The van der Waals surface area contributed by atoms with Gasteiger partial charge in [0, 0.05) is 31.3 Å². The van der Waals surface area contributed by atoms with Gasteiger partial charge in [-0.05, 0) is 85.8 Å². The monoisotopic (exact) mass is 1470 g/mol. The highest BCUT2D eigenvalue weighted by Gasteiger charge is 2.41. The first-order chi connectivity index (χ1) is 49.2. The molecule has 1 aliphatic heterocycles. The number of carboxylic acid groups (broad SMARTS) is 2. The van der Waals surface area contributed by atoms with Gasteiger partial charge >= 0.3 is 11.9 Å². The zero-order valence-corrected chi connectivity index (χ0v) is 58.9. The maximum atomic E-state index is 14.4. The van der Waals surface area contributed by atoms with Gasteiger partial charge in [-0.15, -0.1) is 0 Å². The van der Waals surface area contributed by atoms with Gasteiger partial charge in [0.05, 0.1) is 44.6 Å². The van der Waals surface area contributed by atoms with E-state index >= 15 is 0 Å². The summed E-state index contributed by atoms with van der Waals surface area (Å²) in [7, 11) is 0. The lowest BCUT2D eigenvalue weighted by Gasteiger charge is -2.29. The van der Waals surface area contributed by atoms with Crippen LogP contribution < -0.4 is 81.4 Å². The molecule has 4 rings (SSSR count). The Morgan fingerprint density at radius 2 is 0.914 bits per heavy atom. The summed E-state index contributed by atoms with van der Waals surface area (Å²) in [5, 5.41) is 65.1. The minimum Gasteiger partial charge on any atom is -0.508 e. The van der Waals surface area contributed by atoms with Crippen molar-refractivity contribution >= 4 is 101 Å². The second kappa shape index (κ2) is 40.7. The highest BCUT2D eigenvalue weighted by molar-refractivity contribution is 6.02. The molecule has 15 amide bonds. The van der Waals surface area contributed by atoms with Crippen molar-refractivity contribution in [3.63, 3.8) is 0 Å². The van der Waals surface area contributed by atoms with Gasteiger partial charge in [0.25, 0.3) is 0 Å². The third-order valence-corrected chi connectivity index (χ3v) is 16.3. The Kier molecular flexibility index (Phi) is 33.2. The Balaban J connectivity index is 1.49. The van der Waals surface area contributed by atoms with E-state index in [0.717, 1.165) is 11.8 Å². The first kappa shape index (κ1) is 85.6. The van der Waals surface area contributed by atoms with E-state index in [-0.39, 0.29) is 61.6 Å². The summed E-state index contributed by atoms with van der Waals surface area (Å²) in [5.74, 6) is -21.3. The van der Waals surface area contributed by atoms with E-state index in [1.165, 1.54) is 62.8 Å². The van der Waals surface area contributed by atoms with Crippen molar-refractivity contribution in [1.82, 2.24) is 73.4 Å². The fourth-order valence-electron chi connectivity index (χ4n) is 10.8. The Hall–Kier alpha value is -11.8. The summed E-state index contributed by atoms with van der Waals surface area (Å²) < 4.78 is 0. The van der Waals surface area contributed by atoms with Gasteiger partial charge in [-0.1, -0.05) is 65.8 Å². The number of nitrogens with one attached hydrogen (secondary N) is 12. The summed E-state index contributed by atoms with van der Waals surface area (Å²) in [6.45, 7) is 10.2. The molecule has 1 aliphatic rings. The van der Waals surface area contributed by atoms with Crippen LogP contribution in [0.2, 0.25) is 0 Å². The molecule has 0 bridgehead atoms. The number of imidazole rings is 1. The van der Waals surface area contributed by atoms with E-state index in [2.05, 4.69) is 68.5 Å². The van der Waals surface area contributed by atoms with Crippen molar-refractivity contribution in [2.24, 2.45) is 40.7 Å². The molecule has 574 valence electrons. The lowest BCUT2D eigenvalue weighted by Crippen LogP contribution is -2.62. The van der Waals surface area contributed by atoms with Crippen LogP contribution in [0.1, 0.15) is 110 Å². The van der Waals surface area contributed by atoms with E-state index in [9.17, 15) is 102 Å². The molecule has 39 heteroatoms. The predicted molar refractivity (Wildman–Crippen MR) is 367 cm³/mol. The van der Waals surface area contributed by atoms with Crippen molar-refractivity contribution in [3.8, 4) is 11.5 Å². The van der Waals surface area contributed by atoms with Crippen molar-refractivity contribution < 1.29 is 102 Å². The number of aromatic hydroxyl groups is 2. The number of phenols is 2. The van der Waals surface area contributed by atoms with Gasteiger partial charge in [-0.25, -0.2) is 9.78 Å². The van der Waals surface area contributed by atoms with Crippen LogP contribution in [0.5, 0.6) is 11.5 Å². The van der Waals surface area contributed by atoms with Crippen molar-refractivity contribution in [2.75, 3.05) is 13.1 Å². The molecule has 0 aliphatic carbocycles. The second-order valence-electron chi connectivity index (χ2n) is 26.3. The minimum atomic E-state index is -2.11. The zero-order chi connectivity index (χ0) is 78.7. The number of carbonyl (C=O) groups excluding carboxylic acids is 15. The number of hydrogen-bond donors (Lipinski definition) is 20. The third kappa shape index (κ3) is 28.5. The number of nitrogens with zero attached hydrogens (tertiary/aromatic N) is 2. The number of primary amides is 3. The number of likely N-dealkylation sites (tertiary alicyclic amines) is 1. The summed E-state index contributed by atoms with van der Waals surface area (Å²) in [6, 6.07) is -8.50. The molecule has 0 radical (unpaired) electrons. The van der Waals surface area contributed by atoms with Gasteiger partial charge in [0.15, 0.2) is 0 Å². The quantitative estimate of drug-likeness (QED) is 0.0251. The molecule has 3 aromatic rings. The number of nitrogens with two attached hydrogens (primary N) is 4. The fraction of sp³-hybridized carbons (Fsp3) is 0.515. The molecule has 39 nitrogen and oxygen atoms in total. The molecule has 105 heavy (non-hydrogen) atoms. The van der Waals surface area contributed by atoms with E-state index in [1.807, 2.05) is 0 Å². The SMILES string of the molecule is CC(C)C[C@H](NC(=O)CNC(=O)[C@@H](N)Cc1ccc(O)cc1)C(=O)N[C@H](C(=O)N[C@@H](Cc1cnc[nH]1)C(=O)N[C@H](C(=O)N[C@@H](C)C(=O)N[C@@H](CC(N)=O)C(=O)N[C@@H](CC(N)=O)C(=O)N[C@@H](CC(N)=O)C(=O)N[C@@H](Cc1ccc(O)cc1)C(=O)N[C@@H](CC(=O)O)C(=O)N1CCC[C@H]1C(=O)O)C(C)C)C(C)C. The molecule has 1 saturated heterocycles. The van der Waals surface area contributed by atoms with E-state index in [4.69, 9.17) is 22.9 Å². The molecule has 0 saturated carbocycles. The molecule has 0 spiro atoms. The number of H-pyrrole nitrogens is 1. The van der Waals surface area contributed by atoms with Crippen LogP contribution in [0.25, 0.3) is 0 Å². The van der Waals surface area contributed by atoms with Crippen LogP contribution in [0, 0.1) is 17.8 Å². The van der Waals surface area contributed by atoms with Crippen molar-refractivity contribution in [2.45, 2.75) is 185 Å². The predicted octanol–water partition coefficient (Wildman–Crippen LogP) is -6.31. The van der Waals surface area contributed by atoms with Crippen molar-refractivity contribution in [3.05, 3.63) is 77.9 Å². The fourth-order valence-corrected chi connectivity index (χ4v) is 10.8. The van der Waals surface area contributed by atoms with Gasteiger partial charge in [0.1, 0.15) is 78.0 Å². The Morgan fingerprint density at radius 3 is 1.36 bits per heavy atom. The van der Waals surface area contributed by atoms with Gasteiger partial charge in [-0.2, -0.15) is 0 Å². The zero-order valence-electron chi connectivity index (χ0n) is 58.9. The molecule has 1 fully saturated rings. The minimum absolute atomic E-state index is 0.0163. The largest absolute Gasteiger partial charge is 0.508 e. The van der Waals surface area contributed by atoms with Gasteiger partial charge < -0.3 is 112 Å². The number of rotatable bonds is 42. The van der Waals surface area contributed by atoms with Crippen LogP contribution in [0.15, 0.2) is 61.1 Å². The highest BCUT2D eigenvalue weighted by atomic mass is 16.4. The number of aromatic amines is 1. The maximum Gasteiger partial charge on any atom is 0.326 e.